The van der Waals surface area contributed by atoms with Crippen LogP contribution in [-0.2, 0) is 4.74 Å². The molecular formula is C23H33N7O3. The van der Waals surface area contributed by atoms with Gasteiger partial charge in [-0.15, -0.1) is 0 Å². The van der Waals surface area contributed by atoms with Crippen molar-refractivity contribution in [3.63, 3.8) is 0 Å². The van der Waals surface area contributed by atoms with E-state index < -0.39 is 0 Å². The second kappa shape index (κ2) is 11.2. The van der Waals surface area contributed by atoms with Gasteiger partial charge in [0.25, 0.3) is 0 Å². The van der Waals surface area contributed by atoms with Crippen molar-refractivity contribution in [2.24, 2.45) is 0 Å². The third kappa shape index (κ3) is 6.02. The van der Waals surface area contributed by atoms with Crippen LogP contribution in [0.25, 0.3) is 10.9 Å². The van der Waals surface area contributed by atoms with Crippen molar-refractivity contribution in [3.8, 4) is 11.5 Å². The smallest absolute Gasteiger partial charge is 0.225 e. The Kier molecular flexibility index (Phi) is 7.79. The number of rotatable bonds is 12. The molecular weight excluding hydrogens is 422 g/mol. The zero-order valence-corrected chi connectivity index (χ0v) is 19.6. The minimum atomic E-state index is 0.499. The van der Waals surface area contributed by atoms with Gasteiger partial charge in [-0.2, -0.15) is 10.1 Å². The molecule has 0 spiro atoms. The van der Waals surface area contributed by atoms with Gasteiger partial charge in [-0.1, -0.05) is 0 Å². The average molecular weight is 456 g/mol. The van der Waals surface area contributed by atoms with Crippen LogP contribution in [0.3, 0.4) is 0 Å². The second-order valence-corrected chi connectivity index (χ2v) is 8.15. The number of ether oxygens (including phenoxy) is 3. The van der Waals surface area contributed by atoms with Crippen molar-refractivity contribution >= 4 is 28.5 Å². The van der Waals surface area contributed by atoms with Crippen LogP contribution in [0.1, 0.15) is 25.0 Å². The molecule has 3 N–H and O–H groups in total. The molecule has 1 saturated heterocycles. The maximum Gasteiger partial charge on any atom is 0.225 e. The van der Waals surface area contributed by atoms with Crippen LogP contribution in [0, 0.1) is 6.92 Å². The Labute approximate surface area is 194 Å². The molecule has 2 aromatic heterocycles. The summed E-state index contributed by atoms with van der Waals surface area (Å²) in [5, 5.41) is 14.5. The molecule has 10 nitrogen and oxygen atoms in total. The maximum atomic E-state index is 6.11. The predicted octanol–water partition coefficient (Wildman–Crippen LogP) is 3.34. The lowest BCUT2D eigenvalue weighted by atomic mass is 10.2. The summed E-state index contributed by atoms with van der Waals surface area (Å²) in [5.41, 5.74) is 1.70. The number of benzene rings is 1. The minimum absolute atomic E-state index is 0.499. The van der Waals surface area contributed by atoms with Gasteiger partial charge < -0.3 is 29.7 Å². The van der Waals surface area contributed by atoms with Gasteiger partial charge in [0.2, 0.25) is 5.95 Å². The molecule has 10 heteroatoms. The highest BCUT2D eigenvalue weighted by Gasteiger charge is 2.16. The Morgan fingerprint density at radius 2 is 1.91 bits per heavy atom. The van der Waals surface area contributed by atoms with Crippen molar-refractivity contribution in [2.75, 3.05) is 64.2 Å². The molecule has 3 aromatic rings. The normalized spacial score (nSPS) is 14.0. The summed E-state index contributed by atoms with van der Waals surface area (Å²) in [4.78, 5) is 11.8. The molecule has 1 aromatic carbocycles. The van der Waals surface area contributed by atoms with E-state index in [1.165, 1.54) is 25.9 Å². The van der Waals surface area contributed by atoms with Crippen molar-refractivity contribution in [1.82, 2.24) is 25.1 Å². The van der Waals surface area contributed by atoms with Gasteiger partial charge in [0, 0.05) is 43.4 Å². The van der Waals surface area contributed by atoms with E-state index in [1.807, 2.05) is 25.1 Å². The zero-order chi connectivity index (χ0) is 23.0. The number of aryl methyl sites for hydroxylation is 1. The van der Waals surface area contributed by atoms with E-state index >= 15 is 0 Å². The molecule has 0 unspecified atom stereocenters. The topological polar surface area (TPSA) is 109 Å². The molecule has 1 fully saturated rings. The summed E-state index contributed by atoms with van der Waals surface area (Å²) in [6, 6.07) is 5.74. The summed E-state index contributed by atoms with van der Waals surface area (Å²) < 4.78 is 16.9. The first kappa shape index (κ1) is 23.1. The van der Waals surface area contributed by atoms with E-state index in [9.17, 15) is 0 Å². The van der Waals surface area contributed by atoms with Crippen LogP contribution in [-0.4, -0.2) is 78.7 Å². The van der Waals surface area contributed by atoms with Crippen molar-refractivity contribution < 1.29 is 14.2 Å². The zero-order valence-electron chi connectivity index (χ0n) is 19.6. The highest BCUT2D eigenvalue weighted by Crippen LogP contribution is 2.35. The van der Waals surface area contributed by atoms with Crippen LogP contribution in [0.4, 0.5) is 17.6 Å². The molecule has 0 bridgehead atoms. The predicted molar refractivity (Wildman–Crippen MR) is 129 cm³/mol. The summed E-state index contributed by atoms with van der Waals surface area (Å²) >= 11 is 0. The molecule has 0 radical (unpaired) electrons. The highest BCUT2D eigenvalue weighted by atomic mass is 16.5. The molecule has 33 heavy (non-hydrogen) atoms. The minimum Gasteiger partial charge on any atom is -0.493 e. The Morgan fingerprint density at radius 1 is 1.06 bits per heavy atom. The lowest BCUT2D eigenvalue weighted by Gasteiger charge is -2.16. The SMILES string of the molecule is COCCNc1nc(Nc2cc(C)[nH]n2)c2cc(OC)c(OCCCN3CCCC3)cc2n1. The highest BCUT2D eigenvalue weighted by molar-refractivity contribution is 5.94. The number of methoxy groups -OCH3 is 2. The number of anilines is 3. The standard InChI is InChI=1S/C23H33N7O3/c1-16-13-21(29-28-16)26-22-17-14-19(32-3)20(33-11-6-10-30-8-4-5-9-30)15-18(17)25-23(27-22)24-7-12-31-2/h13-15H,4-12H2,1-3H3,(H3,24,25,26,27,28,29). The fourth-order valence-electron chi connectivity index (χ4n) is 3.93. The lowest BCUT2D eigenvalue weighted by Crippen LogP contribution is -2.21. The molecule has 0 atom stereocenters. The van der Waals surface area contributed by atoms with Gasteiger partial charge in [0.15, 0.2) is 17.3 Å². The lowest BCUT2D eigenvalue weighted by molar-refractivity contribution is 0.210. The van der Waals surface area contributed by atoms with Gasteiger partial charge in [-0.25, -0.2) is 4.98 Å². The second-order valence-electron chi connectivity index (χ2n) is 8.15. The Bertz CT molecular complexity index is 1050. The van der Waals surface area contributed by atoms with E-state index in [2.05, 4.69) is 30.7 Å². The summed E-state index contributed by atoms with van der Waals surface area (Å²) in [6.07, 6.45) is 3.57. The number of fused-ring (bicyclic) bond motifs is 1. The molecule has 0 saturated carbocycles. The number of hydrogen-bond donors (Lipinski definition) is 3. The monoisotopic (exact) mass is 455 g/mol. The van der Waals surface area contributed by atoms with Crippen molar-refractivity contribution in [2.45, 2.75) is 26.2 Å². The van der Waals surface area contributed by atoms with Gasteiger partial charge in [0.1, 0.15) is 5.82 Å². The van der Waals surface area contributed by atoms with Crippen LogP contribution in [0.15, 0.2) is 18.2 Å². The third-order valence-corrected chi connectivity index (χ3v) is 5.60. The number of nitrogens with zero attached hydrogens (tertiary/aromatic N) is 4. The molecule has 1 aliphatic heterocycles. The third-order valence-electron chi connectivity index (χ3n) is 5.60. The van der Waals surface area contributed by atoms with Crippen LogP contribution in [0.5, 0.6) is 11.5 Å². The van der Waals surface area contributed by atoms with E-state index in [-0.39, 0.29) is 0 Å². The Hall–Kier alpha value is -3.11. The van der Waals surface area contributed by atoms with Crippen LogP contribution in [0.2, 0.25) is 0 Å². The van der Waals surface area contributed by atoms with E-state index in [4.69, 9.17) is 19.2 Å². The first-order chi connectivity index (χ1) is 16.2. The van der Waals surface area contributed by atoms with E-state index in [0.29, 0.717) is 48.8 Å². The number of hydrogen-bond acceptors (Lipinski definition) is 9. The fraction of sp³-hybridized carbons (Fsp3) is 0.522. The number of aromatic nitrogens is 4. The molecule has 4 rings (SSSR count). The largest absolute Gasteiger partial charge is 0.493 e. The first-order valence-electron chi connectivity index (χ1n) is 11.4. The number of likely N-dealkylation sites (tertiary alicyclic amines) is 1. The Balaban J connectivity index is 1.58. The van der Waals surface area contributed by atoms with Gasteiger partial charge >= 0.3 is 0 Å². The van der Waals surface area contributed by atoms with E-state index in [0.717, 1.165) is 29.6 Å². The molecule has 0 amide bonds. The number of nitrogens with one attached hydrogen (secondary N) is 3. The summed E-state index contributed by atoms with van der Waals surface area (Å²) in [6.45, 7) is 7.17. The molecule has 178 valence electrons. The van der Waals surface area contributed by atoms with Gasteiger partial charge in [0.05, 0.1) is 25.8 Å². The summed E-state index contributed by atoms with van der Waals surface area (Å²) in [5.74, 6) is 3.13. The molecule has 0 aliphatic carbocycles. The van der Waals surface area contributed by atoms with Gasteiger partial charge in [-0.05, 0) is 45.3 Å². The Morgan fingerprint density at radius 3 is 2.64 bits per heavy atom. The first-order valence-corrected chi connectivity index (χ1v) is 11.4. The molecule has 1 aliphatic rings. The van der Waals surface area contributed by atoms with Crippen molar-refractivity contribution in [1.29, 1.82) is 0 Å². The van der Waals surface area contributed by atoms with Crippen molar-refractivity contribution in [3.05, 3.63) is 23.9 Å². The van der Waals surface area contributed by atoms with Gasteiger partial charge in [-0.3, -0.25) is 5.10 Å². The molecule has 3 heterocycles. The fourth-order valence-corrected chi connectivity index (χ4v) is 3.93. The van der Waals surface area contributed by atoms with Crippen LogP contribution < -0.4 is 20.1 Å². The quantitative estimate of drug-likeness (QED) is 0.354. The number of aromatic amines is 1. The number of H-pyrrole nitrogens is 1. The maximum absolute atomic E-state index is 6.11. The van der Waals surface area contributed by atoms with Crippen LogP contribution >= 0.6 is 0 Å². The average Bonchev–Trinajstić information content (AvgIpc) is 3.48. The van der Waals surface area contributed by atoms with E-state index in [1.54, 1.807) is 14.2 Å². The summed E-state index contributed by atoms with van der Waals surface area (Å²) in [7, 11) is 3.30.